The summed E-state index contributed by atoms with van der Waals surface area (Å²) < 4.78 is 32.7. The molecule has 0 spiro atoms. The molecule has 1 aliphatic rings. The molecule has 0 bridgehead atoms. The highest BCUT2D eigenvalue weighted by Gasteiger charge is 2.29. The molecule has 7 heteroatoms. The minimum atomic E-state index is -1.45. The predicted octanol–water partition coefficient (Wildman–Crippen LogP) is 4.67. The standard InChI is InChI=1S/C24H19F2NO4/c25-14-9-10-22(26)19(11-14)20(23(28)29)12-27-24(30)31-13-21-17-7-3-1-5-15(17)16-6-2-4-8-18(16)21/h1-11,20-21H,12-13H2,(H,27,30)(H,28,29). The van der Waals surface area contributed by atoms with Gasteiger partial charge in [-0.1, -0.05) is 48.5 Å². The molecule has 0 saturated heterocycles. The lowest BCUT2D eigenvalue weighted by atomic mass is 9.98. The Morgan fingerprint density at radius 1 is 0.968 bits per heavy atom. The van der Waals surface area contributed by atoms with Crippen molar-refractivity contribution < 1.29 is 28.2 Å². The number of aliphatic carboxylic acids is 1. The molecule has 2 N–H and O–H groups in total. The average molecular weight is 423 g/mol. The van der Waals surface area contributed by atoms with Gasteiger partial charge < -0.3 is 15.2 Å². The maximum Gasteiger partial charge on any atom is 0.407 e. The predicted molar refractivity (Wildman–Crippen MR) is 110 cm³/mol. The quantitative estimate of drug-likeness (QED) is 0.604. The number of carboxylic acid groups (broad SMARTS) is 1. The van der Waals surface area contributed by atoms with Gasteiger partial charge in [-0.15, -0.1) is 0 Å². The first-order chi connectivity index (χ1) is 15.0. The number of hydrogen-bond acceptors (Lipinski definition) is 3. The fourth-order valence-corrected chi connectivity index (χ4v) is 3.95. The van der Waals surface area contributed by atoms with Gasteiger partial charge in [0.25, 0.3) is 0 Å². The number of amides is 1. The third-order valence-electron chi connectivity index (χ3n) is 5.43. The van der Waals surface area contributed by atoms with Crippen LogP contribution in [0, 0.1) is 11.6 Å². The SMILES string of the molecule is O=C(NCC(C(=O)O)c1cc(F)ccc1F)OCC1c2ccccc2-c2ccccc21. The highest BCUT2D eigenvalue weighted by atomic mass is 19.1. The first-order valence-electron chi connectivity index (χ1n) is 9.72. The Morgan fingerprint density at radius 3 is 2.19 bits per heavy atom. The first-order valence-corrected chi connectivity index (χ1v) is 9.72. The number of nitrogens with one attached hydrogen (secondary N) is 1. The van der Waals surface area contributed by atoms with Gasteiger partial charge in [0.1, 0.15) is 24.2 Å². The number of hydrogen-bond donors (Lipinski definition) is 2. The molecule has 0 saturated carbocycles. The minimum absolute atomic E-state index is 0.0614. The van der Waals surface area contributed by atoms with Gasteiger partial charge in [0.05, 0.1) is 0 Å². The van der Waals surface area contributed by atoms with E-state index in [1.807, 2.05) is 48.5 Å². The average Bonchev–Trinajstić information content (AvgIpc) is 3.08. The number of fused-ring (bicyclic) bond motifs is 3. The number of carboxylic acids is 1. The topological polar surface area (TPSA) is 75.6 Å². The summed E-state index contributed by atoms with van der Waals surface area (Å²) in [5.41, 5.74) is 3.91. The van der Waals surface area contributed by atoms with Crippen LogP contribution in [0.2, 0.25) is 0 Å². The molecular formula is C24H19F2NO4. The number of alkyl carbamates (subject to hydrolysis) is 1. The fraction of sp³-hybridized carbons (Fsp3) is 0.167. The lowest BCUT2D eigenvalue weighted by Gasteiger charge is -2.17. The van der Waals surface area contributed by atoms with E-state index in [9.17, 15) is 23.5 Å². The van der Waals surface area contributed by atoms with E-state index >= 15 is 0 Å². The molecule has 3 aromatic rings. The number of carbonyl (C=O) groups excluding carboxylic acids is 1. The van der Waals surface area contributed by atoms with Gasteiger partial charge in [-0.05, 0) is 40.5 Å². The number of rotatable bonds is 6. The number of ether oxygens (including phenoxy) is 1. The van der Waals surface area contributed by atoms with E-state index in [0.717, 1.165) is 40.5 Å². The van der Waals surface area contributed by atoms with Crippen LogP contribution >= 0.6 is 0 Å². The van der Waals surface area contributed by atoms with Crippen LogP contribution in [-0.4, -0.2) is 30.3 Å². The summed E-state index contributed by atoms with van der Waals surface area (Å²) in [5.74, 6) is -4.60. The Hall–Kier alpha value is -3.74. The van der Waals surface area contributed by atoms with Crippen molar-refractivity contribution >= 4 is 12.1 Å². The van der Waals surface area contributed by atoms with Crippen molar-refractivity contribution in [1.29, 1.82) is 0 Å². The number of halogens is 2. The number of benzene rings is 3. The minimum Gasteiger partial charge on any atom is -0.481 e. The van der Waals surface area contributed by atoms with Crippen LogP contribution in [0.3, 0.4) is 0 Å². The summed E-state index contributed by atoms with van der Waals surface area (Å²) in [6.45, 7) is -0.377. The molecule has 1 aliphatic carbocycles. The van der Waals surface area contributed by atoms with Gasteiger partial charge in [0, 0.05) is 18.0 Å². The second-order valence-corrected chi connectivity index (χ2v) is 7.26. The monoisotopic (exact) mass is 423 g/mol. The Morgan fingerprint density at radius 2 is 1.58 bits per heavy atom. The Bertz CT molecular complexity index is 1100. The van der Waals surface area contributed by atoms with Crippen LogP contribution in [0.5, 0.6) is 0 Å². The molecule has 3 aromatic carbocycles. The lowest BCUT2D eigenvalue weighted by Crippen LogP contribution is -2.33. The second kappa shape index (κ2) is 8.55. The van der Waals surface area contributed by atoms with Gasteiger partial charge in [-0.2, -0.15) is 0 Å². The molecule has 0 fully saturated rings. The summed E-state index contributed by atoms with van der Waals surface area (Å²) in [6.07, 6.45) is -0.829. The van der Waals surface area contributed by atoms with E-state index in [0.29, 0.717) is 0 Å². The molecular weight excluding hydrogens is 404 g/mol. The Kier molecular flexibility index (Phi) is 5.66. The maximum absolute atomic E-state index is 14.0. The van der Waals surface area contributed by atoms with Gasteiger partial charge in [0.15, 0.2) is 0 Å². The van der Waals surface area contributed by atoms with Crippen molar-refractivity contribution in [2.45, 2.75) is 11.8 Å². The van der Waals surface area contributed by atoms with E-state index in [2.05, 4.69) is 5.32 Å². The highest BCUT2D eigenvalue weighted by molar-refractivity contribution is 5.79. The van der Waals surface area contributed by atoms with Crippen molar-refractivity contribution in [2.24, 2.45) is 0 Å². The first kappa shape index (κ1) is 20.5. The maximum atomic E-state index is 14.0. The normalized spacial score (nSPS) is 13.2. The molecule has 0 heterocycles. The fourth-order valence-electron chi connectivity index (χ4n) is 3.95. The lowest BCUT2D eigenvalue weighted by molar-refractivity contribution is -0.138. The zero-order valence-electron chi connectivity index (χ0n) is 16.3. The van der Waals surface area contributed by atoms with Crippen molar-refractivity contribution in [3.63, 3.8) is 0 Å². The van der Waals surface area contributed by atoms with E-state index < -0.39 is 36.2 Å². The summed E-state index contributed by atoms with van der Waals surface area (Å²) in [5, 5.41) is 11.7. The summed E-state index contributed by atoms with van der Waals surface area (Å²) >= 11 is 0. The largest absolute Gasteiger partial charge is 0.481 e. The highest BCUT2D eigenvalue weighted by Crippen LogP contribution is 2.44. The summed E-state index contributed by atoms with van der Waals surface area (Å²) in [6, 6.07) is 18.3. The Balaban J connectivity index is 1.43. The molecule has 0 aliphatic heterocycles. The van der Waals surface area contributed by atoms with Gasteiger partial charge in [-0.25, -0.2) is 13.6 Å². The van der Waals surface area contributed by atoms with Crippen molar-refractivity contribution in [3.05, 3.63) is 95.1 Å². The van der Waals surface area contributed by atoms with Gasteiger partial charge in [-0.3, -0.25) is 4.79 Å². The van der Waals surface area contributed by atoms with Gasteiger partial charge >= 0.3 is 12.1 Å². The van der Waals surface area contributed by atoms with Gasteiger partial charge in [0.2, 0.25) is 0 Å². The van der Waals surface area contributed by atoms with E-state index in [1.165, 1.54) is 0 Å². The second-order valence-electron chi connectivity index (χ2n) is 7.26. The Labute approximate surface area is 177 Å². The third kappa shape index (κ3) is 4.12. The number of carbonyl (C=O) groups is 2. The van der Waals surface area contributed by atoms with Crippen LogP contribution < -0.4 is 5.32 Å². The van der Waals surface area contributed by atoms with Crippen LogP contribution in [-0.2, 0) is 9.53 Å². The molecule has 1 amide bonds. The van der Waals surface area contributed by atoms with E-state index in [1.54, 1.807) is 0 Å². The van der Waals surface area contributed by atoms with Crippen LogP contribution in [0.25, 0.3) is 11.1 Å². The summed E-state index contributed by atoms with van der Waals surface area (Å²) in [4.78, 5) is 23.8. The third-order valence-corrected chi connectivity index (χ3v) is 5.43. The van der Waals surface area contributed by atoms with Crippen LogP contribution in [0.15, 0.2) is 66.7 Å². The smallest absolute Gasteiger partial charge is 0.407 e. The molecule has 4 rings (SSSR count). The molecule has 0 radical (unpaired) electrons. The molecule has 0 aromatic heterocycles. The van der Waals surface area contributed by atoms with Crippen LogP contribution in [0.4, 0.5) is 13.6 Å². The van der Waals surface area contributed by atoms with Crippen molar-refractivity contribution in [1.82, 2.24) is 5.32 Å². The molecule has 5 nitrogen and oxygen atoms in total. The molecule has 1 unspecified atom stereocenters. The van der Waals surface area contributed by atoms with Crippen LogP contribution in [0.1, 0.15) is 28.5 Å². The molecule has 1 atom stereocenters. The summed E-state index contributed by atoms with van der Waals surface area (Å²) in [7, 11) is 0. The molecule has 31 heavy (non-hydrogen) atoms. The zero-order chi connectivity index (χ0) is 22.0. The van der Waals surface area contributed by atoms with E-state index in [4.69, 9.17) is 4.74 Å². The molecule has 158 valence electrons. The zero-order valence-corrected chi connectivity index (χ0v) is 16.3. The van der Waals surface area contributed by atoms with Crippen molar-refractivity contribution in [2.75, 3.05) is 13.2 Å². The van der Waals surface area contributed by atoms with Crippen molar-refractivity contribution in [3.8, 4) is 11.1 Å². The van der Waals surface area contributed by atoms with E-state index in [-0.39, 0.29) is 18.1 Å².